The van der Waals surface area contributed by atoms with Gasteiger partial charge in [-0.25, -0.2) is 4.39 Å². The lowest BCUT2D eigenvalue weighted by Gasteiger charge is -2.38. The molecule has 200 valence electrons. The Morgan fingerprint density at radius 1 is 0.694 bits per heavy atom. The molecule has 1 unspecified atom stereocenters. The molecule has 1 atom stereocenters. The first-order valence-electron chi connectivity index (χ1n) is 16.1. The maximum atomic E-state index is 15.3. The molecule has 1 aromatic carbocycles. The van der Waals surface area contributed by atoms with Crippen LogP contribution < -0.4 is 0 Å². The fourth-order valence-electron chi connectivity index (χ4n) is 8.92. The van der Waals surface area contributed by atoms with E-state index in [0.717, 1.165) is 47.5 Å². The van der Waals surface area contributed by atoms with Gasteiger partial charge in [-0.2, -0.15) is 0 Å². The van der Waals surface area contributed by atoms with Gasteiger partial charge in [0.25, 0.3) is 0 Å². The monoisotopic (exact) mass is 492 g/mol. The summed E-state index contributed by atoms with van der Waals surface area (Å²) in [7, 11) is 0. The summed E-state index contributed by atoms with van der Waals surface area (Å²) in [5.41, 5.74) is 3.44. The summed E-state index contributed by atoms with van der Waals surface area (Å²) < 4.78 is 15.3. The van der Waals surface area contributed by atoms with Gasteiger partial charge in [-0.3, -0.25) is 0 Å². The summed E-state index contributed by atoms with van der Waals surface area (Å²) in [6.45, 7) is 4.69. The second-order valence-corrected chi connectivity index (χ2v) is 13.4. The molecular weight excluding hydrogens is 439 g/mol. The zero-order valence-electron chi connectivity index (χ0n) is 23.5. The van der Waals surface area contributed by atoms with Crippen LogP contribution in [0.2, 0.25) is 0 Å². The molecule has 0 aromatic heterocycles. The van der Waals surface area contributed by atoms with Crippen molar-refractivity contribution in [3.05, 3.63) is 41.2 Å². The molecule has 3 fully saturated rings. The van der Waals surface area contributed by atoms with E-state index in [1.165, 1.54) is 120 Å². The molecule has 0 nitrogen and oxygen atoms in total. The Bertz CT molecular complexity index is 843. The van der Waals surface area contributed by atoms with Crippen LogP contribution in [0.15, 0.2) is 24.3 Å². The molecule has 4 aliphatic rings. The summed E-state index contributed by atoms with van der Waals surface area (Å²) in [6.07, 6.45) is 26.9. The van der Waals surface area contributed by atoms with Crippen LogP contribution in [-0.4, -0.2) is 0 Å². The first-order valence-corrected chi connectivity index (χ1v) is 16.1. The minimum absolute atomic E-state index is 0.0389. The predicted octanol–water partition coefficient (Wildman–Crippen LogP) is 11.1. The highest BCUT2D eigenvalue weighted by Gasteiger charge is 2.32. The van der Waals surface area contributed by atoms with Gasteiger partial charge in [0.05, 0.1) is 0 Å². The number of hydrogen-bond donors (Lipinski definition) is 0. The molecule has 3 saturated carbocycles. The molecule has 0 amide bonds. The Morgan fingerprint density at radius 2 is 1.31 bits per heavy atom. The van der Waals surface area contributed by atoms with E-state index in [4.69, 9.17) is 0 Å². The average molecular weight is 493 g/mol. The highest BCUT2D eigenvalue weighted by atomic mass is 19.1. The minimum atomic E-state index is 0.0389. The van der Waals surface area contributed by atoms with E-state index in [2.05, 4.69) is 32.1 Å². The highest BCUT2D eigenvalue weighted by Crippen LogP contribution is 2.46. The third-order valence-electron chi connectivity index (χ3n) is 11.4. The van der Waals surface area contributed by atoms with E-state index in [1.54, 1.807) is 0 Å². The lowest BCUT2D eigenvalue weighted by molar-refractivity contribution is 0.156. The van der Waals surface area contributed by atoms with Gasteiger partial charge in [0, 0.05) is 5.56 Å². The zero-order chi connectivity index (χ0) is 24.9. The van der Waals surface area contributed by atoms with Gasteiger partial charge in [-0.15, -0.1) is 0 Å². The molecule has 4 aliphatic carbocycles. The van der Waals surface area contributed by atoms with Crippen LogP contribution >= 0.6 is 0 Å². The smallest absolute Gasteiger partial charge is 0.130 e. The normalized spacial score (nSPS) is 35.9. The Hall–Kier alpha value is -1.11. The Labute approximate surface area is 221 Å². The Kier molecular flexibility index (Phi) is 9.29. The van der Waals surface area contributed by atoms with Gasteiger partial charge in [-0.05, 0) is 129 Å². The maximum absolute atomic E-state index is 15.3. The van der Waals surface area contributed by atoms with Crippen LogP contribution in [0.4, 0.5) is 4.39 Å². The summed E-state index contributed by atoms with van der Waals surface area (Å²) in [4.78, 5) is 0. The van der Waals surface area contributed by atoms with Crippen LogP contribution in [0.1, 0.15) is 146 Å². The van der Waals surface area contributed by atoms with Crippen molar-refractivity contribution in [1.82, 2.24) is 0 Å². The number of halogens is 1. The molecule has 1 heteroatoms. The fourth-order valence-corrected chi connectivity index (χ4v) is 8.92. The third kappa shape index (κ3) is 6.30. The molecule has 0 heterocycles. The van der Waals surface area contributed by atoms with Crippen molar-refractivity contribution < 1.29 is 4.39 Å². The van der Waals surface area contributed by atoms with E-state index in [9.17, 15) is 0 Å². The topological polar surface area (TPSA) is 0 Å². The molecule has 0 saturated heterocycles. The largest absolute Gasteiger partial charge is 0.206 e. The van der Waals surface area contributed by atoms with Crippen LogP contribution in [0, 0.1) is 41.3 Å². The summed E-state index contributed by atoms with van der Waals surface area (Å²) >= 11 is 0. The minimum Gasteiger partial charge on any atom is -0.206 e. The average Bonchev–Trinajstić information content (AvgIpc) is 2.94. The summed E-state index contributed by atoms with van der Waals surface area (Å²) in [5.74, 6) is 6.26. The Balaban J connectivity index is 1.12. The van der Waals surface area contributed by atoms with Crippen molar-refractivity contribution in [2.75, 3.05) is 0 Å². The first-order chi connectivity index (χ1) is 17.6. The van der Waals surface area contributed by atoms with E-state index < -0.39 is 0 Å². The zero-order valence-corrected chi connectivity index (χ0v) is 23.5. The van der Waals surface area contributed by atoms with Gasteiger partial charge in [0.2, 0.25) is 0 Å². The van der Waals surface area contributed by atoms with Crippen LogP contribution in [-0.2, 0) is 0 Å². The number of allylic oxidation sites excluding steroid dienone is 2. The van der Waals surface area contributed by atoms with Gasteiger partial charge in [0.15, 0.2) is 0 Å². The number of benzene rings is 1. The molecule has 0 N–H and O–H groups in total. The number of hydrogen-bond acceptors (Lipinski definition) is 0. The first kappa shape index (κ1) is 26.5. The molecule has 0 aliphatic heterocycles. The SMILES string of the molecule is CCCC1CCC(C2CCC(c3ccc(C4=CCC(C5CCC(CC)CC5)CC4)c(F)c3)CC2)CC1. The van der Waals surface area contributed by atoms with Gasteiger partial charge in [0.1, 0.15) is 5.82 Å². The maximum Gasteiger partial charge on any atom is 0.130 e. The standard InChI is InChI=1S/C35H53F/c1-3-5-26-8-12-28(13-9-26)29-14-16-31(17-15-29)33-22-23-34(35(36)24-33)32-20-18-30(19-21-32)27-10-6-25(4-2)7-11-27/h20,22-31H,3-19,21H2,1-2H3. The van der Waals surface area contributed by atoms with Gasteiger partial charge >= 0.3 is 0 Å². The molecule has 0 radical (unpaired) electrons. The summed E-state index contributed by atoms with van der Waals surface area (Å²) in [5, 5.41) is 0. The van der Waals surface area contributed by atoms with E-state index in [1.807, 2.05) is 6.07 Å². The van der Waals surface area contributed by atoms with Crippen LogP contribution in [0.5, 0.6) is 0 Å². The quantitative estimate of drug-likeness (QED) is 0.355. The van der Waals surface area contributed by atoms with Crippen molar-refractivity contribution in [3.8, 4) is 0 Å². The van der Waals surface area contributed by atoms with Crippen molar-refractivity contribution >= 4 is 5.57 Å². The molecule has 0 spiro atoms. The van der Waals surface area contributed by atoms with Crippen LogP contribution in [0.3, 0.4) is 0 Å². The fraction of sp³-hybridized carbons (Fsp3) is 0.771. The van der Waals surface area contributed by atoms with Crippen molar-refractivity contribution in [2.24, 2.45) is 35.5 Å². The predicted molar refractivity (Wildman–Crippen MR) is 153 cm³/mol. The lowest BCUT2D eigenvalue weighted by atomic mass is 9.68. The second kappa shape index (κ2) is 12.6. The van der Waals surface area contributed by atoms with Gasteiger partial charge in [-0.1, -0.05) is 77.0 Å². The molecule has 1 aromatic rings. The van der Waals surface area contributed by atoms with Crippen molar-refractivity contribution in [1.29, 1.82) is 0 Å². The van der Waals surface area contributed by atoms with Crippen LogP contribution in [0.25, 0.3) is 5.57 Å². The highest BCUT2D eigenvalue weighted by molar-refractivity contribution is 5.67. The lowest BCUT2D eigenvalue weighted by Crippen LogP contribution is -2.25. The van der Waals surface area contributed by atoms with E-state index in [0.29, 0.717) is 5.92 Å². The number of rotatable bonds is 7. The molecule has 36 heavy (non-hydrogen) atoms. The Morgan fingerprint density at radius 3 is 1.86 bits per heavy atom. The van der Waals surface area contributed by atoms with Gasteiger partial charge < -0.3 is 0 Å². The molecule has 5 rings (SSSR count). The second-order valence-electron chi connectivity index (χ2n) is 13.4. The van der Waals surface area contributed by atoms with E-state index >= 15 is 4.39 Å². The van der Waals surface area contributed by atoms with Crippen molar-refractivity contribution in [3.63, 3.8) is 0 Å². The molecule has 0 bridgehead atoms. The molecular formula is C35H53F. The van der Waals surface area contributed by atoms with E-state index in [-0.39, 0.29) is 5.82 Å². The third-order valence-corrected chi connectivity index (χ3v) is 11.4. The van der Waals surface area contributed by atoms with Crippen molar-refractivity contribution in [2.45, 2.75) is 135 Å². The summed E-state index contributed by atoms with van der Waals surface area (Å²) in [6, 6.07) is 6.32.